The Labute approximate surface area is 772 Å². The summed E-state index contributed by atoms with van der Waals surface area (Å²) in [4.78, 5) is 54.2. The van der Waals surface area contributed by atoms with Crippen molar-refractivity contribution < 1.29 is 112 Å². The minimum Gasteiger partial charge on any atom is -1.00 e. The van der Waals surface area contributed by atoms with Crippen molar-refractivity contribution in [1.29, 1.82) is 0 Å². The molecule has 18 nitrogen and oxygen atoms in total. The third-order valence-electron chi connectivity index (χ3n) is 18.8. The number of halogens is 4. The van der Waals surface area contributed by atoms with Crippen molar-refractivity contribution in [2.75, 3.05) is 39.6 Å². The number of aromatic nitrogens is 6. The maximum Gasteiger partial charge on any atom is 2.00 e. The normalized spacial score (nSPS) is 12.3. The van der Waals surface area contributed by atoms with Crippen LogP contribution in [0.4, 0.5) is 0 Å². The van der Waals surface area contributed by atoms with E-state index in [-0.39, 0.29) is 120 Å². The second kappa shape index (κ2) is 61.5. The van der Waals surface area contributed by atoms with Crippen LogP contribution >= 0.6 is 0 Å². The topological polar surface area (TPSA) is 207 Å². The molecular weight excluding hydrogens is 1710 g/mol. The van der Waals surface area contributed by atoms with Gasteiger partial charge >= 0.3 is 34.1 Å². The molecule has 0 amide bonds. The standard InChI is InChI=1S/3C33H36N4O2.4ClH.2Fe/c1-26(28-12-6-3-7-13-28)34-22-30-16-18-32(24-36-30)38-20-10-5-11-21-39-33-19-17-31(37-25-33)23-35-27(2)29-14-8-4-9-15-29;2*1-26(28-12-6-3-7-13-28)35-23-30-16-17-33(25-37-30)39-21-11-5-10-20-38-32-18-19-34-31(22-32)24-36-27(2)29-14-8-4-9-15-29;;;;;;/h3*3-4,6-9,12-19,22-27H,5,10-11,20-21H2,1-2H3;4*1H;;/q;;;;;;;2*+2/p-4/t3*26-,27-;;;;;;/m000....../s1. The van der Waals surface area contributed by atoms with E-state index in [9.17, 15) is 0 Å². The quantitative estimate of drug-likeness (QED) is 0.0199. The maximum absolute atomic E-state index is 5.92. The van der Waals surface area contributed by atoms with Gasteiger partial charge in [-0.2, -0.15) is 0 Å². The van der Waals surface area contributed by atoms with Crippen LogP contribution in [0.5, 0.6) is 34.5 Å². The Balaban J connectivity index is 0.000000378. The van der Waals surface area contributed by atoms with Crippen molar-refractivity contribution in [3.05, 3.63) is 360 Å². The van der Waals surface area contributed by atoms with Crippen LogP contribution in [0.2, 0.25) is 0 Å². The molecule has 0 radical (unpaired) electrons. The molecule has 0 N–H and O–H groups in total. The fraction of sp³-hybridized carbons (Fsp3) is 0.273. The number of hydrogen-bond acceptors (Lipinski definition) is 18. The molecule has 6 aromatic heterocycles. The van der Waals surface area contributed by atoms with Crippen LogP contribution in [0.25, 0.3) is 0 Å². The second-order valence-corrected chi connectivity index (χ2v) is 28.0. The zero-order chi connectivity index (χ0) is 81.4. The molecule has 12 aromatic rings. The van der Waals surface area contributed by atoms with Gasteiger partial charge in [0.2, 0.25) is 0 Å². The van der Waals surface area contributed by atoms with Crippen molar-refractivity contribution >= 4 is 37.3 Å². The fourth-order valence-electron chi connectivity index (χ4n) is 11.7. The zero-order valence-corrected chi connectivity index (χ0v) is 75.5. The van der Waals surface area contributed by atoms with Crippen molar-refractivity contribution in [2.24, 2.45) is 30.0 Å². The average molecular weight is 1820 g/mol. The third kappa shape index (κ3) is 40.4. The van der Waals surface area contributed by atoms with E-state index in [0.29, 0.717) is 39.6 Å². The molecule has 123 heavy (non-hydrogen) atoms. The van der Waals surface area contributed by atoms with Gasteiger partial charge in [0.15, 0.2) is 0 Å². The molecule has 12 rings (SSSR count). The molecule has 0 saturated carbocycles. The first-order valence-electron chi connectivity index (χ1n) is 40.5. The number of ether oxygens (including phenoxy) is 6. The summed E-state index contributed by atoms with van der Waals surface area (Å²) in [6.45, 7) is 16.3. The average Bonchev–Trinajstić information content (AvgIpc) is 0.895. The first kappa shape index (κ1) is 105. The summed E-state index contributed by atoms with van der Waals surface area (Å²) in [7, 11) is 0. The van der Waals surface area contributed by atoms with Crippen LogP contribution in [-0.4, -0.2) is 107 Å². The molecular formula is C99H108Cl4Fe2N12O6. The van der Waals surface area contributed by atoms with E-state index in [1.165, 1.54) is 33.4 Å². The summed E-state index contributed by atoms with van der Waals surface area (Å²) >= 11 is 0. The van der Waals surface area contributed by atoms with Crippen LogP contribution in [0.15, 0.2) is 322 Å². The molecule has 0 aliphatic carbocycles. The van der Waals surface area contributed by atoms with E-state index in [4.69, 9.17) is 28.4 Å². The smallest absolute Gasteiger partial charge is 1.00 e. The monoisotopic (exact) mass is 1810 g/mol. The Kier molecular flexibility index (Phi) is 52.3. The minimum absolute atomic E-state index is 0. The maximum atomic E-state index is 5.92. The molecule has 0 fully saturated rings. The van der Waals surface area contributed by atoms with Gasteiger partial charge in [0.05, 0.1) is 135 Å². The van der Waals surface area contributed by atoms with E-state index in [1.807, 2.05) is 207 Å². The van der Waals surface area contributed by atoms with Gasteiger partial charge in [-0.1, -0.05) is 182 Å². The SMILES string of the molecule is C[C@H](N=Cc1ccc(OCCCCCOc2ccc(C=N[C@@H](C)c3ccccc3)nc2)cn1)c1ccccc1.C[C@H](N=Cc1ccc(OCCCCCOc2ccnc(C=N[C@@H](C)c3ccccc3)c2)cn1)c1ccccc1.C[C@H](N=Cc1ccc(OCCCCCOc2ccnc(C=N[C@@H](C)c3ccccc3)c2)cn1)c1ccccc1.[Cl-].[Cl-].[Cl-].[Cl-].[Fe+2].[Fe+2]. The Morgan fingerprint density at radius 1 is 0.220 bits per heavy atom. The summed E-state index contributed by atoms with van der Waals surface area (Å²) in [6, 6.07) is 85.0. The Hall–Kier alpha value is -10.8. The Bertz CT molecular complexity index is 4630. The number of benzene rings is 6. The van der Waals surface area contributed by atoms with E-state index < -0.39 is 0 Å². The molecule has 0 bridgehead atoms. The molecule has 6 heterocycles. The molecule has 24 heteroatoms. The van der Waals surface area contributed by atoms with Gasteiger partial charge in [0, 0.05) is 61.8 Å². The predicted octanol–water partition coefficient (Wildman–Crippen LogP) is 10.4. The van der Waals surface area contributed by atoms with Gasteiger partial charge in [-0.25, -0.2) is 0 Å². The summed E-state index contributed by atoms with van der Waals surface area (Å²) in [5.41, 5.74) is 11.9. The number of rotatable bonds is 42. The number of hydrogen-bond donors (Lipinski definition) is 0. The molecule has 6 aromatic carbocycles. The molecule has 644 valence electrons. The largest absolute Gasteiger partial charge is 2.00 e. The van der Waals surface area contributed by atoms with Gasteiger partial charge in [-0.15, -0.1) is 0 Å². The number of aliphatic imine (C=N–C) groups is 6. The van der Waals surface area contributed by atoms with Crippen molar-refractivity contribution in [3.63, 3.8) is 0 Å². The van der Waals surface area contributed by atoms with Crippen LogP contribution < -0.4 is 78.0 Å². The first-order valence-corrected chi connectivity index (χ1v) is 40.5. The first-order chi connectivity index (χ1) is 57.5. The summed E-state index contributed by atoms with van der Waals surface area (Å²) in [5.74, 6) is 4.70. The Morgan fingerprint density at radius 3 is 0.593 bits per heavy atom. The number of pyridine rings is 6. The summed E-state index contributed by atoms with van der Waals surface area (Å²) < 4.78 is 35.2. The van der Waals surface area contributed by atoms with Crippen LogP contribution in [0.3, 0.4) is 0 Å². The van der Waals surface area contributed by atoms with Crippen LogP contribution in [-0.2, 0) is 34.1 Å². The molecule has 6 atom stereocenters. The van der Waals surface area contributed by atoms with Crippen LogP contribution in [0, 0.1) is 0 Å². The van der Waals surface area contributed by atoms with Crippen molar-refractivity contribution in [2.45, 2.75) is 136 Å². The van der Waals surface area contributed by atoms with Crippen LogP contribution in [0.1, 0.15) is 203 Å². The fourth-order valence-corrected chi connectivity index (χ4v) is 11.7. The van der Waals surface area contributed by atoms with Crippen molar-refractivity contribution in [1.82, 2.24) is 29.9 Å². The van der Waals surface area contributed by atoms with E-state index in [0.717, 1.165) is 126 Å². The predicted molar refractivity (Wildman–Crippen MR) is 475 cm³/mol. The van der Waals surface area contributed by atoms with E-state index >= 15 is 0 Å². The van der Waals surface area contributed by atoms with Gasteiger partial charge in [0.1, 0.15) is 34.5 Å². The third-order valence-corrected chi connectivity index (χ3v) is 18.8. The molecule has 0 saturated heterocycles. The van der Waals surface area contributed by atoms with Crippen molar-refractivity contribution in [3.8, 4) is 34.5 Å². The second-order valence-electron chi connectivity index (χ2n) is 28.0. The molecule has 0 unspecified atom stereocenters. The zero-order valence-electron chi connectivity index (χ0n) is 70.3. The van der Waals surface area contributed by atoms with E-state index in [1.54, 1.807) is 49.6 Å². The number of nitrogens with zero attached hydrogens (tertiary/aromatic N) is 12. The van der Waals surface area contributed by atoms with Gasteiger partial charge in [-0.05, 0) is 193 Å². The molecule has 0 aliphatic heterocycles. The van der Waals surface area contributed by atoms with Gasteiger partial charge < -0.3 is 78.0 Å². The summed E-state index contributed by atoms with van der Waals surface area (Å²) in [6.07, 6.45) is 30.1. The Morgan fingerprint density at radius 2 is 0.407 bits per heavy atom. The minimum atomic E-state index is 0. The summed E-state index contributed by atoms with van der Waals surface area (Å²) in [5, 5.41) is 0. The molecule has 0 spiro atoms. The molecule has 0 aliphatic rings. The van der Waals surface area contributed by atoms with Gasteiger partial charge in [0.25, 0.3) is 0 Å². The van der Waals surface area contributed by atoms with E-state index in [2.05, 4.69) is 174 Å². The van der Waals surface area contributed by atoms with Gasteiger partial charge in [-0.3, -0.25) is 59.9 Å². The number of unbranched alkanes of at least 4 members (excludes halogenated alkanes) is 6.